The number of ether oxygens (including phenoxy) is 1. The van der Waals surface area contributed by atoms with E-state index in [2.05, 4.69) is 10.3 Å². The van der Waals surface area contributed by atoms with Crippen LogP contribution in [0.1, 0.15) is 42.9 Å². The van der Waals surface area contributed by atoms with Crippen molar-refractivity contribution in [2.24, 2.45) is 4.99 Å². The molecule has 3 rings (SSSR count). The van der Waals surface area contributed by atoms with Crippen LogP contribution in [-0.4, -0.2) is 18.7 Å². The van der Waals surface area contributed by atoms with Crippen molar-refractivity contribution < 1.29 is 9.53 Å². The molecule has 1 N–H and O–H groups in total. The largest absolute Gasteiger partial charge is 0.494 e. The summed E-state index contributed by atoms with van der Waals surface area (Å²) in [5.74, 6) is 0.661. The number of hydrogen-bond acceptors (Lipinski definition) is 3. The number of aliphatic imine (C=N–C) groups is 1. The van der Waals surface area contributed by atoms with E-state index < -0.39 is 0 Å². The molecule has 0 fully saturated rings. The lowest BCUT2D eigenvalue weighted by atomic mass is 9.95. The van der Waals surface area contributed by atoms with Gasteiger partial charge in [0, 0.05) is 11.9 Å². The molecule has 0 saturated heterocycles. The third-order valence-electron chi connectivity index (χ3n) is 4.22. The molecule has 4 nitrogen and oxygen atoms in total. The molecule has 0 saturated carbocycles. The van der Waals surface area contributed by atoms with E-state index in [1.54, 1.807) is 0 Å². The van der Waals surface area contributed by atoms with E-state index >= 15 is 0 Å². The molecule has 2 aromatic carbocycles. The highest BCUT2D eigenvalue weighted by Crippen LogP contribution is 2.25. The maximum absolute atomic E-state index is 12.7. The lowest BCUT2D eigenvalue weighted by Gasteiger charge is -2.16. The fourth-order valence-corrected chi connectivity index (χ4v) is 2.94. The molecule has 1 unspecified atom stereocenters. The smallest absolute Gasteiger partial charge is 0.231 e. The number of carbonyl (C=O) groups is 1. The molecule has 1 atom stereocenters. The zero-order valence-electron chi connectivity index (χ0n) is 14.1. The third-order valence-corrected chi connectivity index (χ3v) is 4.22. The Labute approximate surface area is 142 Å². The van der Waals surface area contributed by atoms with Gasteiger partial charge in [-0.2, -0.15) is 0 Å². The van der Waals surface area contributed by atoms with E-state index in [9.17, 15) is 4.79 Å². The molecule has 1 heterocycles. The number of rotatable bonds is 6. The topological polar surface area (TPSA) is 50.7 Å². The molecule has 0 radical (unpaired) electrons. The quantitative estimate of drug-likeness (QED) is 0.868. The van der Waals surface area contributed by atoms with Gasteiger partial charge in [0.05, 0.1) is 19.1 Å². The van der Waals surface area contributed by atoms with Gasteiger partial charge >= 0.3 is 0 Å². The minimum Gasteiger partial charge on any atom is -0.494 e. The summed E-state index contributed by atoms with van der Waals surface area (Å²) in [4.78, 5) is 16.9. The first-order chi connectivity index (χ1) is 11.7. The minimum absolute atomic E-state index is 0.0107. The summed E-state index contributed by atoms with van der Waals surface area (Å²) in [6, 6.07) is 13.7. The molecular formula is C20H22N2O2. The van der Waals surface area contributed by atoms with Crippen LogP contribution in [0.3, 0.4) is 0 Å². The van der Waals surface area contributed by atoms with Crippen molar-refractivity contribution in [2.45, 2.75) is 32.7 Å². The van der Waals surface area contributed by atoms with Gasteiger partial charge < -0.3 is 10.1 Å². The first kappa shape index (κ1) is 16.2. The van der Waals surface area contributed by atoms with Gasteiger partial charge in [0.2, 0.25) is 5.91 Å². The molecule has 1 aliphatic heterocycles. The summed E-state index contributed by atoms with van der Waals surface area (Å²) < 4.78 is 5.46. The Morgan fingerprint density at radius 2 is 2.00 bits per heavy atom. The van der Waals surface area contributed by atoms with Crippen molar-refractivity contribution in [2.75, 3.05) is 11.9 Å². The van der Waals surface area contributed by atoms with Gasteiger partial charge in [-0.1, -0.05) is 25.1 Å². The first-order valence-corrected chi connectivity index (χ1v) is 8.37. The second-order valence-corrected chi connectivity index (χ2v) is 5.84. The summed E-state index contributed by atoms with van der Waals surface area (Å²) in [5.41, 5.74) is 4.10. The Morgan fingerprint density at radius 3 is 2.71 bits per heavy atom. The molecule has 4 heteroatoms. The summed E-state index contributed by atoms with van der Waals surface area (Å²) in [7, 11) is 0. The second kappa shape index (κ2) is 7.30. The Balaban J connectivity index is 1.73. The maximum Gasteiger partial charge on any atom is 0.231 e. The van der Waals surface area contributed by atoms with Gasteiger partial charge in [0.1, 0.15) is 5.75 Å². The molecule has 2 aromatic rings. The van der Waals surface area contributed by atoms with Crippen LogP contribution in [0, 0.1) is 0 Å². The summed E-state index contributed by atoms with van der Waals surface area (Å²) in [5, 5.41) is 3.03. The van der Waals surface area contributed by atoms with Gasteiger partial charge in [0.15, 0.2) is 0 Å². The van der Waals surface area contributed by atoms with Crippen molar-refractivity contribution >= 4 is 17.8 Å². The van der Waals surface area contributed by atoms with Crippen molar-refractivity contribution in [1.29, 1.82) is 0 Å². The standard InChI is InChI=1S/C20H22N2O2/c1-3-19(14-6-9-18(10-7-14)24-4-2)20(23)22-17-8-5-15-12-21-13-16(15)11-17/h5-11,13,19H,3-4,12H2,1-2H3,(H,22,23). The number of fused-ring (bicyclic) bond motifs is 1. The molecule has 1 aliphatic rings. The summed E-state index contributed by atoms with van der Waals surface area (Å²) in [6.07, 6.45) is 2.60. The number of hydrogen-bond donors (Lipinski definition) is 1. The molecule has 24 heavy (non-hydrogen) atoms. The fourth-order valence-electron chi connectivity index (χ4n) is 2.94. The van der Waals surface area contributed by atoms with E-state index in [4.69, 9.17) is 4.74 Å². The number of benzene rings is 2. The lowest BCUT2D eigenvalue weighted by Crippen LogP contribution is -2.20. The molecule has 124 valence electrons. The highest BCUT2D eigenvalue weighted by molar-refractivity contribution is 5.97. The van der Waals surface area contributed by atoms with Crippen LogP contribution in [0.15, 0.2) is 47.5 Å². The van der Waals surface area contributed by atoms with E-state index in [1.165, 1.54) is 5.56 Å². The van der Waals surface area contributed by atoms with Gasteiger partial charge in [-0.25, -0.2) is 0 Å². The average Bonchev–Trinajstić information content (AvgIpc) is 3.05. The summed E-state index contributed by atoms with van der Waals surface area (Å²) >= 11 is 0. The molecule has 0 aromatic heterocycles. The van der Waals surface area contributed by atoms with Crippen LogP contribution < -0.4 is 10.1 Å². The van der Waals surface area contributed by atoms with Crippen LogP contribution >= 0.6 is 0 Å². The van der Waals surface area contributed by atoms with Crippen LogP contribution in [0.2, 0.25) is 0 Å². The van der Waals surface area contributed by atoms with Gasteiger partial charge in [0.25, 0.3) is 0 Å². The van der Waals surface area contributed by atoms with E-state index in [0.29, 0.717) is 6.61 Å². The second-order valence-electron chi connectivity index (χ2n) is 5.84. The number of carbonyl (C=O) groups excluding carboxylic acids is 1. The highest BCUT2D eigenvalue weighted by Gasteiger charge is 2.19. The predicted octanol–water partition coefficient (Wildman–Crippen LogP) is 4.15. The third kappa shape index (κ3) is 3.48. The van der Waals surface area contributed by atoms with Gasteiger partial charge in [-0.05, 0) is 54.3 Å². The van der Waals surface area contributed by atoms with Crippen molar-refractivity contribution in [3.8, 4) is 5.75 Å². The minimum atomic E-state index is -0.178. The zero-order valence-corrected chi connectivity index (χ0v) is 14.1. The predicted molar refractivity (Wildman–Crippen MR) is 97.0 cm³/mol. The van der Waals surface area contributed by atoms with E-state index in [1.807, 2.05) is 62.5 Å². The first-order valence-electron chi connectivity index (χ1n) is 8.37. The molecule has 0 aliphatic carbocycles. The lowest BCUT2D eigenvalue weighted by molar-refractivity contribution is -0.117. The SMILES string of the molecule is CCOc1ccc(C(CC)C(=O)Nc2ccc3c(c2)C=NC3)cc1. The Bertz CT molecular complexity index is 751. The zero-order chi connectivity index (χ0) is 16.9. The van der Waals surface area contributed by atoms with E-state index in [-0.39, 0.29) is 11.8 Å². The van der Waals surface area contributed by atoms with Crippen molar-refractivity contribution in [3.63, 3.8) is 0 Å². The Morgan fingerprint density at radius 1 is 1.21 bits per heavy atom. The molecular weight excluding hydrogens is 300 g/mol. The number of amides is 1. The Kier molecular flexibility index (Phi) is 4.94. The Hall–Kier alpha value is -2.62. The fraction of sp³-hybridized carbons (Fsp3) is 0.300. The number of nitrogens with zero attached hydrogens (tertiary/aromatic N) is 1. The van der Waals surface area contributed by atoms with Crippen molar-refractivity contribution in [3.05, 3.63) is 59.2 Å². The monoisotopic (exact) mass is 322 g/mol. The van der Waals surface area contributed by atoms with Gasteiger partial charge in [-0.15, -0.1) is 0 Å². The number of anilines is 1. The van der Waals surface area contributed by atoms with Crippen LogP contribution in [0.25, 0.3) is 0 Å². The molecule has 0 spiro atoms. The highest BCUT2D eigenvalue weighted by atomic mass is 16.5. The van der Waals surface area contributed by atoms with Crippen LogP contribution in [-0.2, 0) is 11.3 Å². The van der Waals surface area contributed by atoms with Crippen molar-refractivity contribution in [1.82, 2.24) is 0 Å². The van der Waals surface area contributed by atoms with Crippen LogP contribution in [0.4, 0.5) is 5.69 Å². The molecule has 1 amide bonds. The van der Waals surface area contributed by atoms with Gasteiger partial charge in [-0.3, -0.25) is 9.79 Å². The average molecular weight is 322 g/mol. The van der Waals surface area contributed by atoms with E-state index in [0.717, 1.165) is 35.5 Å². The maximum atomic E-state index is 12.7. The normalized spacial score (nSPS) is 13.4. The number of nitrogens with one attached hydrogen (secondary N) is 1. The van der Waals surface area contributed by atoms with Crippen LogP contribution in [0.5, 0.6) is 5.75 Å². The summed E-state index contributed by atoms with van der Waals surface area (Å²) in [6.45, 7) is 5.35. The molecule has 0 bridgehead atoms.